The first-order valence-corrected chi connectivity index (χ1v) is 7.73. The van der Waals surface area contributed by atoms with E-state index in [2.05, 4.69) is 5.32 Å². The first-order valence-electron chi connectivity index (χ1n) is 7.73. The molecular weight excluding hydrogens is 308 g/mol. The lowest BCUT2D eigenvalue weighted by molar-refractivity contribution is -0.121. The minimum Gasteiger partial charge on any atom is -0.508 e. The summed E-state index contributed by atoms with van der Waals surface area (Å²) in [6.45, 7) is 2.50. The molecule has 0 aliphatic carbocycles. The second-order valence-electron chi connectivity index (χ2n) is 5.44. The van der Waals surface area contributed by atoms with E-state index < -0.39 is 6.04 Å². The SMILES string of the molecule is CCOc1ccc(NC2CC(=O)N(c3ccc(O)cc3)C2=O)cc1. The van der Waals surface area contributed by atoms with E-state index in [1.165, 1.54) is 12.1 Å². The highest BCUT2D eigenvalue weighted by atomic mass is 16.5. The van der Waals surface area contributed by atoms with Crippen LogP contribution in [0.3, 0.4) is 0 Å². The highest BCUT2D eigenvalue weighted by molar-refractivity contribution is 6.23. The fourth-order valence-corrected chi connectivity index (χ4v) is 2.63. The van der Waals surface area contributed by atoms with Crippen molar-refractivity contribution < 1.29 is 19.4 Å². The summed E-state index contributed by atoms with van der Waals surface area (Å²) in [5, 5.41) is 12.4. The Bertz CT molecular complexity index is 741. The van der Waals surface area contributed by atoms with Crippen LogP contribution in [0, 0.1) is 0 Å². The zero-order chi connectivity index (χ0) is 17.1. The van der Waals surface area contributed by atoms with Gasteiger partial charge >= 0.3 is 0 Å². The lowest BCUT2D eigenvalue weighted by Crippen LogP contribution is -2.34. The van der Waals surface area contributed by atoms with Crippen LogP contribution in [-0.2, 0) is 9.59 Å². The molecule has 2 amide bonds. The minimum atomic E-state index is -0.607. The van der Waals surface area contributed by atoms with Crippen LogP contribution in [0.25, 0.3) is 0 Å². The lowest BCUT2D eigenvalue weighted by Gasteiger charge is -2.16. The third kappa shape index (κ3) is 3.17. The van der Waals surface area contributed by atoms with Gasteiger partial charge in [0.25, 0.3) is 5.91 Å². The van der Waals surface area contributed by atoms with Gasteiger partial charge in [-0.3, -0.25) is 9.59 Å². The molecule has 1 aliphatic rings. The third-order valence-corrected chi connectivity index (χ3v) is 3.76. The molecule has 0 aromatic heterocycles. The molecule has 6 nitrogen and oxygen atoms in total. The van der Waals surface area contributed by atoms with Crippen LogP contribution in [-0.4, -0.2) is 29.6 Å². The molecule has 1 unspecified atom stereocenters. The molecule has 2 aromatic carbocycles. The van der Waals surface area contributed by atoms with Gasteiger partial charge < -0.3 is 15.2 Å². The van der Waals surface area contributed by atoms with Crippen LogP contribution < -0.4 is 15.0 Å². The number of hydrogen-bond acceptors (Lipinski definition) is 5. The van der Waals surface area contributed by atoms with E-state index in [1.54, 1.807) is 12.1 Å². The number of nitrogens with zero attached hydrogens (tertiary/aromatic N) is 1. The molecule has 124 valence electrons. The maximum Gasteiger partial charge on any atom is 0.256 e. The largest absolute Gasteiger partial charge is 0.508 e. The van der Waals surface area contributed by atoms with Crippen LogP contribution in [0.1, 0.15) is 13.3 Å². The molecule has 3 rings (SSSR count). The van der Waals surface area contributed by atoms with Crippen LogP contribution in [0.4, 0.5) is 11.4 Å². The maximum atomic E-state index is 12.5. The molecule has 0 bridgehead atoms. The van der Waals surface area contributed by atoms with E-state index in [-0.39, 0.29) is 24.0 Å². The number of carbonyl (C=O) groups excluding carboxylic acids is 2. The molecule has 24 heavy (non-hydrogen) atoms. The predicted molar refractivity (Wildman–Crippen MR) is 90.2 cm³/mol. The molecule has 6 heteroatoms. The molecule has 1 aliphatic heterocycles. The number of carbonyl (C=O) groups is 2. The number of anilines is 2. The maximum absolute atomic E-state index is 12.5. The summed E-state index contributed by atoms with van der Waals surface area (Å²) < 4.78 is 5.38. The van der Waals surface area contributed by atoms with Crippen LogP contribution >= 0.6 is 0 Å². The molecule has 1 heterocycles. The highest BCUT2D eigenvalue weighted by Crippen LogP contribution is 2.26. The van der Waals surface area contributed by atoms with E-state index in [0.717, 1.165) is 16.3 Å². The average molecular weight is 326 g/mol. The molecule has 1 fully saturated rings. The summed E-state index contributed by atoms with van der Waals surface area (Å²) in [4.78, 5) is 25.9. The van der Waals surface area contributed by atoms with Gasteiger partial charge in [-0.05, 0) is 55.5 Å². The van der Waals surface area contributed by atoms with Crippen LogP contribution in [0.2, 0.25) is 0 Å². The number of rotatable bonds is 5. The lowest BCUT2D eigenvalue weighted by atomic mass is 10.2. The standard InChI is InChI=1S/C18H18N2O4/c1-2-24-15-9-3-12(4-10-15)19-16-11-17(22)20(18(16)23)13-5-7-14(21)8-6-13/h3-10,16,19,21H,2,11H2,1H3. The van der Waals surface area contributed by atoms with E-state index in [0.29, 0.717) is 12.3 Å². The van der Waals surface area contributed by atoms with Crippen LogP contribution in [0.15, 0.2) is 48.5 Å². The summed E-state index contributed by atoms with van der Waals surface area (Å²) in [5.41, 5.74) is 1.20. The number of nitrogens with one attached hydrogen (secondary N) is 1. The number of aromatic hydroxyl groups is 1. The van der Waals surface area contributed by atoms with Gasteiger partial charge in [-0.15, -0.1) is 0 Å². The Morgan fingerprint density at radius 1 is 1.12 bits per heavy atom. The quantitative estimate of drug-likeness (QED) is 0.826. The van der Waals surface area contributed by atoms with Crippen molar-refractivity contribution in [1.82, 2.24) is 0 Å². The van der Waals surface area contributed by atoms with Crippen molar-refractivity contribution in [3.63, 3.8) is 0 Å². The van der Waals surface area contributed by atoms with Crippen molar-refractivity contribution >= 4 is 23.2 Å². The Balaban J connectivity index is 1.72. The Kier molecular flexibility index (Phi) is 4.37. The average Bonchev–Trinajstić information content (AvgIpc) is 2.85. The van der Waals surface area contributed by atoms with Crippen molar-refractivity contribution in [2.24, 2.45) is 0 Å². The number of hydrogen-bond donors (Lipinski definition) is 2. The molecule has 0 spiro atoms. The summed E-state index contributed by atoms with van der Waals surface area (Å²) in [6.07, 6.45) is 0.0902. The third-order valence-electron chi connectivity index (χ3n) is 3.76. The smallest absolute Gasteiger partial charge is 0.256 e. The monoisotopic (exact) mass is 326 g/mol. The topological polar surface area (TPSA) is 78.9 Å². The first kappa shape index (κ1) is 15.9. The van der Waals surface area contributed by atoms with E-state index in [4.69, 9.17) is 4.74 Å². The van der Waals surface area contributed by atoms with Crippen molar-refractivity contribution in [2.45, 2.75) is 19.4 Å². The fraction of sp³-hybridized carbons (Fsp3) is 0.222. The summed E-state index contributed by atoms with van der Waals surface area (Å²) in [5.74, 6) is 0.262. The van der Waals surface area contributed by atoms with Gasteiger partial charge in [0.2, 0.25) is 5.91 Å². The fourth-order valence-electron chi connectivity index (χ4n) is 2.63. The Hall–Kier alpha value is -3.02. The van der Waals surface area contributed by atoms with Crippen molar-refractivity contribution in [3.8, 4) is 11.5 Å². The Morgan fingerprint density at radius 3 is 2.42 bits per heavy atom. The Labute approximate surface area is 139 Å². The normalized spacial score (nSPS) is 17.2. The zero-order valence-electron chi connectivity index (χ0n) is 13.2. The van der Waals surface area contributed by atoms with Crippen LogP contribution in [0.5, 0.6) is 11.5 Å². The molecule has 2 aromatic rings. The minimum absolute atomic E-state index is 0.0851. The number of benzene rings is 2. The second-order valence-corrected chi connectivity index (χ2v) is 5.44. The number of phenols is 1. The summed E-state index contributed by atoms with van der Waals surface area (Å²) in [7, 11) is 0. The van der Waals surface area contributed by atoms with Crippen molar-refractivity contribution in [2.75, 3.05) is 16.8 Å². The number of ether oxygens (including phenoxy) is 1. The molecular formula is C18H18N2O4. The number of phenolic OH excluding ortho intramolecular Hbond substituents is 1. The van der Waals surface area contributed by atoms with Gasteiger partial charge in [0, 0.05) is 5.69 Å². The van der Waals surface area contributed by atoms with Gasteiger partial charge in [-0.25, -0.2) is 4.90 Å². The molecule has 1 saturated heterocycles. The summed E-state index contributed by atoms with van der Waals surface area (Å²) in [6, 6.07) is 12.6. The van der Waals surface area contributed by atoms with Gasteiger partial charge in [-0.2, -0.15) is 0 Å². The molecule has 0 radical (unpaired) electrons. The number of amides is 2. The molecule has 0 saturated carbocycles. The predicted octanol–water partition coefficient (Wildman–Crippen LogP) is 2.53. The van der Waals surface area contributed by atoms with E-state index in [1.807, 2.05) is 31.2 Å². The van der Waals surface area contributed by atoms with Crippen molar-refractivity contribution in [1.29, 1.82) is 0 Å². The highest BCUT2D eigenvalue weighted by Gasteiger charge is 2.39. The molecule has 1 atom stereocenters. The second kappa shape index (κ2) is 6.62. The Morgan fingerprint density at radius 2 is 1.79 bits per heavy atom. The van der Waals surface area contributed by atoms with E-state index >= 15 is 0 Å². The number of imide groups is 1. The van der Waals surface area contributed by atoms with Gasteiger partial charge in [0.15, 0.2) is 0 Å². The zero-order valence-corrected chi connectivity index (χ0v) is 13.2. The van der Waals surface area contributed by atoms with E-state index in [9.17, 15) is 14.7 Å². The summed E-state index contributed by atoms with van der Waals surface area (Å²) >= 11 is 0. The van der Waals surface area contributed by atoms with Gasteiger partial charge in [-0.1, -0.05) is 0 Å². The van der Waals surface area contributed by atoms with Gasteiger partial charge in [0.05, 0.1) is 18.7 Å². The van der Waals surface area contributed by atoms with Gasteiger partial charge in [0.1, 0.15) is 17.5 Å². The first-order chi connectivity index (χ1) is 11.6. The molecule has 2 N–H and O–H groups in total. The van der Waals surface area contributed by atoms with Crippen molar-refractivity contribution in [3.05, 3.63) is 48.5 Å².